The largest absolute Gasteiger partial charge is 0.489 e. The van der Waals surface area contributed by atoms with E-state index in [1.807, 2.05) is 30.5 Å². The van der Waals surface area contributed by atoms with E-state index in [1.54, 1.807) is 6.92 Å². The van der Waals surface area contributed by atoms with Crippen molar-refractivity contribution in [1.29, 1.82) is 0 Å². The van der Waals surface area contributed by atoms with E-state index >= 15 is 0 Å². The van der Waals surface area contributed by atoms with Crippen LogP contribution >= 0.6 is 0 Å². The molecule has 1 heterocycles. The number of carboxylic acids is 1. The van der Waals surface area contributed by atoms with Crippen LogP contribution in [0, 0.1) is 17.8 Å². The maximum Gasteiger partial charge on any atom is 0.304 e. The average Bonchev–Trinajstić information content (AvgIpc) is 3.20. The van der Waals surface area contributed by atoms with Crippen LogP contribution < -0.4 is 4.74 Å². The Hall–Kier alpha value is -3.26. The van der Waals surface area contributed by atoms with E-state index in [0.29, 0.717) is 6.61 Å². The Balaban J connectivity index is 1.38. The van der Waals surface area contributed by atoms with Crippen LogP contribution in [0.25, 0.3) is 10.9 Å². The van der Waals surface area contributed by atoms with Crippen LogP contribution in [-0.2, 0) is 17.9 Å². The van der Waals surface area contributed by atoms with Crippen LogP contribution in [0.1, 0.15) is 62.5 Å². The topological polar surface area (TPSA) is 64.3 Å². The van der Waals surface area contributed by atoms with Crippen LogP contribution in [0.2, 0.25) is 0 Å². The Kier molecular flexibility index (Phi) is 7.11. The third-order valence-electron chi connectivity index (χ3n) is 6.25. The number of hydrogen-bond donors (Lipinski definition) is 1. The van der Waals surface area contributed by atoms with Gasteiger partial charge in [0, 0.05) is 11.9 Å². The van der Waals surface area contributed by atoms with Crippen LogP contribution in [0.15, 0.2) is 48.7 Å². The van der Waals surface area contributed by atoms with Crippen LogP contribution in [-0.4, -0.2) is 20.9 Å². The molecule has 0 bridgehead atoms. The number of benzene rings is 2. The molecule has 0 aliphatic heterocycles. The molecule has 5 nitrogen and oxygen atoms in total. The highest BCUT2D eigenvalue weighted by Crippen LogP contribution is 2.27. The third kappa shape index (κ3) is 5.50. The second kappa shape index (κ2) is 10.4. The van der Waals surface area contributed by atoms with Crippen molar-refractivity contribution in [2.24, 2.45) is 5.92 Å². The summed E-state index contributed by atoms with van der Waals surface area (Å²) in [6, 6.07) is 13.9. The minimum atomic E-state index is -0.851. The molecule has 0 radical (unpaired) electrons. The first-order chi connectivity index (χ1) is 15.6. The number of aromatic nitrogens is 2. The lowest BCUT2D eigenvalue weighted by atomic mass is 9.89. The van der Waals surface area contributed by atoms with E-state index in [1.165, 1.54) is 37.6 Å². The maximum absolute atomic E-state index is 11.1. The van der Waals surface area contributed by atoms with Gasteiger partial charge in [-0.25, -0.2) is 0 Å². The molecular formula is C27H30N2O3. The molecular weight excluding hydrogens is 400 g/mol. The van der Waals surface area contributed by atoms with Gasteiger partial charge >= 0.3 is 5.97 Å². The summed E-state index contributed by atoms with van der Waals surface area (Å²) in [6.07, 6.45) is 8.64. The van der Waals surface area contributed by atoms with Gasteiger partial charge in [-0.2, -0.15) is 5.10 Å². The molecule has 1 aliphatic rings. The number of fused-ring (bicyclic) bond motifs is 1. The Morgan fingerprint density at radius 3 is 2.69 bits per heavy atom. The molecule has 3 aromatic rings. The molecule has 166 valence electrons. The minimum Gasteiger partial charge on any atom is -0.489 e. The van der Waals surface area contributed by atoms with E-state index in [0.717, 1.165) is 34.7 Å². The normalized spacial score (nSPS) is 15.2. The summed E-state index contributed by atoms with van der Waals surface area (Å²) < 4.78 is 8.12. The molecule has 1 fully saturated rings. The molecule has 32 heavy (non-hydrogen) atoms. The highest BCUT2D eigenvalue weighted by molar-refractivity contribution is 5.79. The van der Waals surface area contributed by atoms with Gasteiger partial charge in [0.15, 0.2) is 0 Å². The molecule has 2 aromatic carbocycles. The predicted octanol–water partition coefficient (Wildman–Crippen LogP) is 5.78. The fourth-order valence-electron chi connectivity index (χ4n) is 4.55. The van der Waals surface area contributed by atoms with Crippen molar-refractivity contribution in [1.82, 2.24) is 9.78 Å². The molecule has 1 aromatic heterocycles. The number of rotatable bonds is 8. The van der Waals surface area contributed by atoms with Crippen molar-refractivity contribution >= 4 is 16.9 Å². The summed E-state index contributed by atoms with van der Waals surface area (Å²) >= 11 is 0. The van der Waals surface area contributed by atoms with Crippen LogP contribution in [0.3, 0.4) is 0 Å². The molecule has 0 amide bonds. The Labute approximate surface area is 189 Å². The lowest BCUT2D eigenvalue weighted by Crippen LogP contribution is -2.14. The first kappa shape index (κ1) is 22.0. The van der Waals surface area contributed by atoms with E-state index in [2.05, 4.69) is 39.8 Å². The third-order valence-corrected chi connectivity index (χ3v) is 6.25. The molecule has 1 aliphatic carbocycles. The monoisotopic (exact) mass is 430 g/mol. The number of nitrogens with zero attached hydrogens (tertiary/aromatic N) is 2. The maximum atomic E-state index is 11.1. The fraction of sp³-hybridized carbons (Fsp3) is 0.407. The SMILES string of the molecule is CC#C[C@@H](CC(=O)O)c1ccc(OCc2ccc3c(cnn3CC3CCCCC3)c2)cc1. The molecule has 1 atom stereocenters. The summed E-state index contributed by atoms with van der Waals surface area (Å²) in [5.41, 5.74) is 3.17. The van der Waals surface area contributed by atoms with E-state index < -0.39 is 5.97 Å². The predicted molar refractivity (Wildman–Crippen MR) is 126 cm³/mol. The lowest BCUT2D eigenvalue weighted by molar-refractivity contribution is -0.137. The first-order valence-electron chi connectivity index (χ1n) is 11.4. The zero-order valence-electron chi connectivity index (χ0n) is 18.6. The zero-order valence-corrected chi connectivity index (χ0v) is 18.6. The van der Waals surface area contributed by atoms with Crippen molar-refractivity contribution in [2.75, 3.05) is 0 Å². The van der Waals surface area contributed by atoms with Crippen molar-refractivity contribution in [2.45, 2.75) is 64.5 Å². The van der Waals surface area contributed by atoms with Crippen LogP contribution in [0.5, 0.6) is 5.75 Å². The first-order valence-corrected chi connectivity index (χ1v) is 11.4. The fourth-order valence-corrected chi connectivity index (χ4v) is 4.55. The number of aliphatic carboxylic acids is 1. The summed E-state index contributed by atoms with van der Waals surface area (Å²) in [7, 11) is 0. The van der Waals surface area contributed by atoms with Gasteiger partial charge < -0.3 is 9.84 Å². The van der Waals surface area contributed by atoms with Crippen LogP contribution in [0.4, 0.5) is 0 Å². The van der Waals surface area contributed by atoms with Gasteiger partial charge in [-0.1, -0.05) is 43.4 Å². The lowest BCUT2D eigenvalue weighted by Gasteiger charge is -2.21. The highest BCUT2D eigenvalue weighted by Gasteiger charge is 2.16. The molecule has 5 heteroatoms. The summed E-state index contributed by atoms with van der Waals surface area (Å²) in [5.74, 6) is 6.13. The summed E-state index contributed by atoms with van der Waals surface area (Å²) in [4.78, 5) is 11.1. The number of carboxylic acid groups (broad SMARTS) is 1. The summed E-state index contributed by atoms with van der Waals surface area (Å²) in [5, 5.41) is 14.9. The molecule has 0 spiro atoms. The minimum absolute atomic E-state index is 0.00448. The molecule has 0 saturated heterocycles. The Bertz CT molecular complexity index is 1120. The van der Waals surface area contributed by atoms with E-state index in [-0.39, 0.29) is 12.3 Å². The number of hydrogen-bond acceptors (Lipinski definition) is 3. The number of ether oxygens (including phenoxy) is 1. The van der Waals surface area contributed by atoms with Gasteiger partial charge in [-0.3, -0.25) is 9.48 Å². The van der Waals surface area contributed by atoms with Gasteiger partial charge in [-0.05, 0) is 61.1 Å². The van der Waals surface area contributed by atoms with Gasteiger partial charge in [0.2, 0.25) is 0 Å². The van der Waals surface area contributed by atoms with E-state index in [4.69, 9.17) is 9.84 Å². The van der Waals surface area contributed by atoms with Crippen molar-refractivity contribution < 1.29 is 14.6 Å². The van der Waals surface area contributed by atoms with Crippen molar-refractivity contribution in [3.05, 3.63) is 59.8 Å². The zero-order chi connectivity index (χ0) is 22.3. The molecule has 4 rings (SSSR count). The Morgan fingerprint density at radius 1 is 1.19 bits per heavy atom. The second-order valence-corrected chi connectivity index (χ2v) is 8.63. The summed E-state index contributed by atoms with van der Waals surface area (Å²) in [6.45, 7) is 3.20. The average molecular weight is 431 g/mol. The van der Waals surface area contributed by atoms with Gasteiger partial charge in [-0.15, -0.1) is 5.92 Å². The Morgan fingerprint density at radius 2 is 1.97 bits per heavy atom. The molecule has 0 unspecified atom stereocenters. The van der Waals surface area contributed by atoms with Gasteiger partial charge in [0.25, 0.3) is 0 Å². The molecule has 1 saturated carbocycles. The molecule has 1 N–H and O–H groups in total. The van der Waals surface area contributed by atoms with Gasteiger partial charge in [0.1, 0.15) is 12.4 Å². The highest BCUT2D eigenvalue weighted by atomic mass is 16.5. The van der Waals surface area contributed by atoms with Crippen molar-refractivity contribution in [3.63, 3.8) is 0 Å². The quantitative estimate of drug-likeness (QED) is 0.460. The van der Waals surface area contributed by atoms with Gasteiger partial charge in [0.05, 0.1) is 24.1 Å². The second-order valence-electron chi connectivity index (χ2n) is 8.63. The standard InChI is InChI=1S/C27H30N2O3/c1-2-6-23(16-27(30)31)22-10-12-25(13-11-22)32-19-21-9-14-26-24(15-21)17-28-29(26)18-20-7-4-3-5-8-20/h9-15,17,20,23H,3-5,7-8,16,18-19H2,1H3,(H,30,31)/t23-/m0/s1. The number of carbonyl (C=O) groups is 1. The van der Waals surface area contributed by atoms with Crippen molar-refractivity contribution in [3.8, 4) is 17.6 Å². The van der Waals surface area contributed by atoms with E-state index in [9.17, 15) is 4.79 Å². The smallest absolute Gasteiger partial charge is 0.304 e.